The van der Waals surface area contributed by atoms with Gasteiger partial charge >= 0.3 is 0 Å². The standard InChI is InChI=1S/C19H28N2O5.ClH/c1-11-7-19(2)8-13(23)14(11)15-16(19)18(25)21(17(15)24)10-12(22)9-20-3-5-26-6-4-20;/h11-12,14-16,22H,3-10H2,1-2H3;1H. The summed E-state index contributed by atoms with van der Waals surface area (Å²) in [6.45, 7) is 7.21. The molecule has 0 aromatic carbocycles. The van der Waals surface area contributed by atoms with Crippen molar-refractivity contribution in [2.75, 3.05) is 39.4 Å². The number of β-amino-alcohol motifs (C(OH)–C–C–N with tert-alkyl or cyclic N) is 1. The van der Waals surface area contributed by atoms with Crippen LogP contribution in [0.2, 0.25) is 0 Å². The van der Waals surface area contributed by atoms with Crippen molar-refractivity contribution in [1.29, 1.82) is 0 Å². The zero-order chi connectivity index (χ0) is 18.6. The molecule has 2 bridgehead atoms. The first-order chi connectivity index (χ1) is 12.3. The maximum Gasteiger partial charge on any atom is 0.233 e. The van der Waals surface area contributed by atoms with Crippen LogP contribution in [-0.2, 0) is 19.1 Å². The highest BCUT2D eigenvalue weighted by Gasteiger charge is 2.67. The van der Waals surface area contributed by atoms with E-state index in [1.807, 2.05) is 13.8 Å². The number of morpholine rings is 1. The third-order valence-electron chi connectivity index (χ3n) is 6.90. The second kappa shape index (κ2) is 7.43. The molecule has 6 unspecified atom stereocenters. The maximum absolute atomic E-state index is 13.0. The minimum Gasteiger partial charge on any atom is -0.390 e. The van der Waals surface area contributed by atoms with Crippen molar-refractivity contribution in [2.45, 2.75) is 32.8 Å². The number of carbonyl (C=O) groups excluding carboxylic acids is 3. The van der Waals surface area contributed by atoms with E-state index in [-0.39, 0.29) is 48.4 Å². The second-order valence-corrected chi connectivity index (χ2v) is 8.86. The molecule has 152 valence electrons. The predicted molar refractivity (Wildman–Crippen MR) is 99.2 cm³/mol. The minimum absolute atomic E-state index is 0. The van der Waals surface area contributed by atoms with Gasteiger partial charge in [0.15, 0.2) is 0 Å². The summed E-state index contributed by atoms with van der Waals surface area (Å²) in [4.78, 5) is 41.9. The zero-order valence-electron chi connectivity index (χ0n) is 15.9. The molecule has 0 aromatic heterocycles. The molecule has 6 atom stereocenters. The Morgan fingerprint density at radius 1 is 1.15 bits per heavy atom. The first kappa shape index (κ1) is 20.7. The number of Topliss-reactive ketones (excluding diaryl/α,β-unsaturated/α-hetero) is 1. The van der Waals surface area contributed by atoms with E-state index in [2.05, 4.69) is 4.90 Å². The molecule has 0 radical (unpaired) electrons. The molecule has 8 heteroatoms. The summed E-state index contributed by atoms with van der Waals surface area (Å²) < 4.78 is 5.30. The van der Waals surface area contributed by atoms with Gasteiger partial charge in [-0.15, -0.1) is 12.4 Å². The van der Waals surface area contributed by atoms with Crippen LogP contribution in [0, 0.1) is 29.1 Å². The number of hydrogen-bond donors (Lipinski definition) is 1. The number of halogens is 1. The molecule has 0 spiro atoms. The quantitative estimate of drug-likeness (QED) is 0.685. The van der Waals surface area contributed by atoms with Crippen molar-refractivity contribution in [3.05, 3.63) is 0 Å². The Kier molecular flexibility index (Phi) is 5.70. The lowest BCUT2D eigenvalue weighted by Crippen LogP contribution is -2.56. The number of aliphatic hydroxyl groups is 1. The summed E-state index contributed by atoms with van der Waals surface area (Å²) in [5.74, 6) is -1.43. The monoisotopic (exact) mass is 400 g/mol. The normalized spacial score (nSPS) is 40.1. The first-order valence-corrected chi connectivity index (χ1v) is 9.68. The molecule has 3 aliphatic carbocycles. The number of nitrogens with zero attached hydrogens (tertiary/aromatic N) is 2. The molecule has 2 heterocycles. The summed E-state index contributed by atoms with van der Waals surface area (Å²) in [5.41, 5.74) is -0.424. The van der Waals surface area contributed by atoms with Gasteiger partial charge in [-0.2, -0.15) is 0 Å². The SMILES string of the molecule is CC1CC2(C)CC(=O)C1C1C(=O)N(CC(O)CN3CCOCC3)C(=O)C12.Cl. The molecule has 27 heavy (non-hydrogen) atoms. The van der Waals surface area contributed by atoms with E-state index in [1.54, 1.807) is 0 Å². The summed E-state index contributed by atoms with van der Waals surface area (Å²) in [5, 5.41) is 10.5. The molecule has 7 nitrogen and oxygen atoms in total. The Bertz CT molecular complexity index is 638. The van der Waals surface area contributed by atoms with Gasteiger partial charge in [-0.3, -0.25) is 24.2 Å². The van der Waals surface area contributed by atoms with Gasteiger partial charge in [0, 0.05) is 32.0 Å². The van der Waals surface area contributed by atoms with Gasteiger partial charge in [-0.1, -0.05) is 13.8 Å². The van der Waals surface area contributed by atoms with Gasteiger partial charge in [0.1, 0.15) is 5.78 Å². The molecular formula is C19H29ClN2O5. The lowest BCUT2D eigenvalue weighted by molar-refractivity contribution is -0.157. The van der Waals surface area contributed by atoms with Crippen LogP contribution in [0.1, 0.15) is 26.7 Å². The fourth-order valence-corrected chi connectivity index (χ4v) is 5.93. The highest BCUT2D eigenvalue weighted by atomic mass is 35.5. The summed E-state index contributed by atoms with van der Waals surface area (Å²) in [6, 6.07) is 0. The van der Waals surface area contributed by atoms with Gasteiger partial charge in [0.25, 0.3) is 0 Å². The van der Waals surface area contributed by atoms with Crippen LogP contribution >= 0.6 is 12.4 Å². The van der Waals surface area contributed by atoms with Crippen LogP contribution in [0.25, 0.3) is 0 Å². The molecule has 5 fully saturated rings. The van der Waals surface area contributed by atoms with E-state index in [0.717, 1.165) is 19.5 Å². The molecule has 2 amide bonds. The molecule has 2 aliphatic heterocycles. The van der Waals surface area contributed by atoms with Gasteiger partial charge in [0.05, 0.1) is 37.7 Å². The number of hydrogen-bond acceptors (Lipinski definition) is 6. The Balaban J connectivity index is 0.00000210. The van der Waals surface area contributed by atoms with E-state index in [4.69, 9.17) is 4.74 Å². The number of imide groups is 1. The summed E-state index contributed by atoms with van der Waals surface area (Å²) in [6.07, 6.45) is 0.430. The van der Waals surface area contributed by atoms with Crippen LogP contribution in [-0.4, -0.2) is 78.0 Å². The maximum atomic E-state index is 13.0. The fourth-order valence-electron chi connectivity index (χ4n) is 5.93. The Hall–Kier alpha value is -1.02. The molecule has 3 saturated carbocycles. The van der Waals surface area contributed by atoms with Crippen molar-refractivity contribution in [3.63, 3.8) is 0 Å². The lowest BCUT2D eigenvalue weighted by atomic mass is 9.48. The van der Waals surface area contributed by atoms with Gasteiger partial charge in [0.2, 0.25) is 11.8 Å². The number of aliphatic hydroxyl groups excluding tert-OH is 1. The van der Waals surface area contributed by atoms with Crippen LogP contribution in [0.15, 0.2) is 0 Å². The third-order valence-corrected chi connectivity index (χ3v) is 6.90. The van der Waals surface area contributed by atoms with E-state index < -0.39 is 23.4 Å². The van der Waals surface area contributed by atoms with E-state index in [0.29, 0.717) is 26.2 Å². The summed E-state index contributed by atoms with van der Waals surface area (Å²) in [7, 11) is 0. The van der Waals surface area contributed by atoms with E-state index in [9.17, 15) is 19.5 Å². The second-order valence-electron chi connectivity index (χ2n) is 8.86. The smallest absolute Gasteiger partial charge is 0.233 e. The van der Waals surface area contributed by atoms with Crippen molar-refractivity contribution < 1.29 is 24.2 Å². The molecule has 5 rings (SSSR count). The minimum atomic E-state index is -0.778. The lowest BCUT2D eigenvalue weighted by Gasteiger charge is -2.52. The number of rotatable bonds is 4. The number of ketones is 1. The average molecular weight is 401 g/mol. The van der Waals surface area contributed by atoms with Crippen LogP contribution in [0.3, 0.4) is 0 Å². The topological polar surface area (TPSA) is 87.2 Å². The molecule has 0 aromatic rings. The largest absolute Gasteiger partial charge is 0.390 e. The van der Waals surface area contributed by atoms with Crippen molar-refractivity contribution in [1.82, 2.24) is 9.80 Å². The molecular weight excluding hydrogens is 372 g/mol. The average Bonchev–Trinajstić information content (AvgIpc) is 2.81. The van der Waals surface area contributed by atoms with E-state index >= 15 is 0 Å². The predicted octanol–water partition coefficient (Wildman–Crippen LogP) is 0.338. The van der Waals surface area contributed by atoms with Crippen LogP contribution < -0.4 is 0 Å². The Labute approximate surface area is 165 Å². The summed E-state index contributed by atoms with van der Waals surface area (Å²) >= 11 is 0. The van der Waals surface area contributed by atoms with Crippen LogP contribution in [0.4, 0.5) is 0 Å². The number of amides is 2. The highest BCUT2D eigenvalue weighted by molar-refractivity contribution is 6.09. The molecule has 1 N–H and O–H groups in total. The molecule has 2 saturated heterocycles. The zero-order valence-corrected chi connectivity index (χ0v) is 16.7. The van der Waals surface area contributed by atoms with E-state index in [1.165, 1.54) is 4.90 Å². The van der Waals surface area contributed by atoms with Crippen molar-refractivity contribution in [2.24, 2.45) is 29.1 Å². The number of fused-ring (bicyclic) bond motifs is 2. The number of ether oxygens (including phenoxy) is 1. The fraction of sp³-hybridized carbons (Fsp3) is 0.842. The van der Waals surface area contributed by atoms with Crippen molar-refractivity contribution in [3.8, 4) is 0 Å². The first-order valence-electron chi connectivity index (χ1n) is 9.68. The third kappa shape index (κ3) is 3.33. The van der Waals surface area contributed by atoms with Gasteiger partial charge in [-0.05, 0) is 17.8 Å². The number of likely N-dealkylation sites (tertiary alicyclic amines) is 1. The number of carbonyl (C=O) groups is 3. The Morgan fingerprint density at radius 2 is 1.81 bits per heavy atom. The van der Waals surface area contributed by atoms with Gasteiger partial charge in [-0.25, -0.2) is 0 Å². The van der Waals surface area contributed by atoms with Crippen LogP contribution in [0.5, 0.6) is 0 Å². The van der Waals surface area contributed by atoms with Gasteiger partial charge < -0.3 is 9.84 Å². The highest BCUT2D eigenvalue weighted by Crippen LogP contribution is 2.60. The Morgan fingerprint density at radius 3 is 2.44 bits per heavy atom. The van der Waals surface area contributed by atoms with Crippen molar-refractivity contribution >= 4 is 30.0 Å². The molecule has 5 aliphatic rings.